The van der Waals surface area contributed by atoms with Gasteiger partial charge in [0.25, 0.3) is 5.91 Å². The molecule has 1 aliphatic rings. The Labute approximate surface area is 140 Å². The summed E-state index contributed by atoms with van der Waals surface area (Å²) in [4.78, 5) is 14.3. The number of rotatable bonds is 4. The number of hydrogen-bond acceptors (Lipinski definition) is 3. The number of hydrogen-bond donors (Lipinski definition) is 0. The zero-order valence-corrected chi connectivity index (χ0v) is 13.9. The van der Waals surface area contributed by atoms with Gasteiger partial charge in [-0.25, -0.2) is 12.8 Å². The lowest BCUT2D eigenvalue weighted by atomic mass is 10.1. The van der Waals surface area contributed by atoms with Crippen LogP contribution in [0.4, 0.5) is 4.39 Å². The summed E-state index contributed by atoms with van der Waals surface area (Å²) in [6.07, 6.45) is 0.384. The van der Waals surface area contributed by atoms with Crippen molar-refractivity contribution in [2.24, 2.45) is 0 Å². The summed E-state index contributed by atoms with van der Waals surface area (Å²) in [5.41, 5.74) is 0.851. The SMILES string of the molecule is O=C(c1ccccc1F)N(Cc1ccccc1)[C@H]1CCS(=O)(=O)C1. The Balaban J connectivity index is 1.93. The van der Waals surface area contributed by atoms with E-state index in [4.69, 9.17) is 0 Å². The third-order valence-corrected chi connectivity index (χ3v) is 5.96. The highest BCUT2D eigenvalue weighted by Gasteiger charge is 2.35. The van der Waals surface area contributed by atoms with Crippen molar-refractivity contribution >= 4 is 15.7 Å². The van der Waals surface area contributed by atoms with Gasteiger partial charge in [0.15, 0.2) is 9.84 Å². The molecule has 3 rings (SSSR count). The van der Waals surface area contributed by atoms with E-state index >= 15 is 0 Å². The highest BCUT2D eigenvalue weighted by molar-refractivity contribution is 7.91. The van der Waals surface area contributed by atoms with Crippen LogP contribution in [0.15, 0.2) is 54.6 Å². The zero-order valence-electron chi connectivity index (χ0n) is 13.1. The minimum absolute atomic E-state index is 0.0299. The van der Waals surface area contributed by atoms with E-state index in [2.05, 4.69) is 0 Å². The van der Waals surface area contributed by atoms with Gasteiger partial charge < -0.3 is 4.90 Å². The number of sulfone groups is 1. The average Bonchev–Trinajstić information content (AvgIpc) is 2.93. The molecule has 6 heteroatoms. The molecule has 1 fully saturated rings. The Morgan fingerprint density at radius 1 is 1.08 bits per heavy atom. The normalized spacial score (nSPS) is 19.1. The van der Waals surface area contributed by atoms with Gasteiger partial charge in [-0.2, -0.15) is 0 Å². The minimum Gasteiger partial charge on any atom is -0.330 e. The van der Waals surface area contributed by atoms with Crippen LogP contribution in [0.25, 0.3) is 0 Å². The van der Waals surface area contributed by atoms with Crippen molar-refractivity contribution < 1.29 is 17.6 Å². The van der Waals surface area contributed by atoms with Gasteiger partial charge in [0, 0.05) is 12.6 Å². The molecule has 0 spiro atoms. The number of nitrogens with zero attached hydrogens (tertiary/aromatic N) is 1. The average molecular weight is 347 g/mol. The Bertz CT molecular complexity index is 836. The standard InChI is InChI=1S/C18H18FNO3S/c19-17-9-5-4-8-16(17)18(21)20(12-14-6-2-1-3-7-14)15-10-11-24(22,23)13-15/h1-9,15H,10-13H2/t15-/m0/s1. The highest BCUT2D eigenvalue weighted by atomic mass is 32.2. The van der Waals surface area contributed by atoms with Crippen molar-refractivity contribution in [2.45, 2.75) is 19.0 Å². The Hall–Kier alpha value is -2.21. The second-order valence-electron chi connectivity index (χ2n) is 5.96. The maximum Gasteiger partial charge on any atom is 0.257 e. The van der Waals surface area contributed by atoms with Gasteiger partial charge in [0.2, 0.25) is 0 Å². The van der Waals surface area contributed by atoms with Gasteiger partial charge in [-0.05, 0) is 24.1 Å². The molecule has 0 aliphatic carbocycles. The van der Waals surface area contributed by atoms with Gasteiger partial charge >= 0.3 is 0 Å². The Morgan fingerprint density at radius 3 is 2.38 bits per heavy atom. The third kappa shape index (κ3) is 3.64. The molecule has 4 nitrogen and oxygen atoms in total. The predicted octanol–water partition coefficient (Wildman–Crippen LogP) is 2.66. The van der Waals surface area contributed by atoms with E-state index in [1.165, 1.54) is 23.1 Å². The molecule has 1 atom stereocenters. The molecule has 0 unspecified atom stereocenters. The quantitative estimate of drug-likeness (QED) is 0.854. The second kappa shape index (κ2) is 6.73. The number of amides is 1. The molecule has 0 N–H and O–H groups in total. The van der Waals surface area contributed by atoms with Gasteiger partial charge in [0.1, 0.15) is 5.82 Å². The molecule has 0 aromatic heterocycles. The van der Waals surface area contributed by atoms with E-state index < -0.39 is 27.6 Å². The largest absolute Gasteiger partial charge is 0.330 e. The molecule has 0 radical (unpaired) electrons. The van der Waals surface area contributed by atoms with E-state index in [1.807, 2.05) is 30.3 Å². The molecule has 24 heavy (non-hydrogen) atoms. The fourth-order valence-electron chi connectivity index (χ4n) is 2.96. The van der Waals surface area contributed by atoms with Crippen LogP contribution in [0.2, 0.25) is 0 Å². The van der Waals surface area contributed by atoms with Gasteiger partial charge in [-0.1, -0.05) is 42.5 Å². The Kier molecular flexibility index (Phi) is 4.66. The van der Waals surface area contributed by atoms with Crippen LogP contribution in [0.1, 0.15) is 22.3 Å². The van der Waals surface area contributed by atoms with Crippen molar-refractivity contribution in [3.63, 3.8) is 0 Å². The molecule has 2 aromatic carbocycles. The topological polar surface area (TPSA) is 54.5 Å². The minimum atomic E-state index is -3.15. The number of carbonyl (C=O) groups is 1. The fourth-order valence-corrected chi connectivity index (χ4v) is 4.69. The lowest BCUT2D eigenvalue weighted by Gasteiger charge is -2.28. The first-order valence-corrected chi connectivity index (χ1v) is 9.58. The van der Waals surface area contributed by atoms with E-state index in [0.717, 1.165) is 5.56 Å². The number of carbonyl (C=O) groups excluding carboxylic acids is 1. The first kappa shape index (κ1) is 16.6. The summed E-state index contributed by atoms with van der Waals surface area (Å²) in [6.45, 7) is 0.258. The van der Waals surface area contributed by atoms with Crippen LogP contribution < -0.4 is 0 Å². The van der Waals surface area contributed by atoms with Crippen LogP contribution in [0.3, 0.4) is 0 Å². The highest BCUT2D eigenvalue weighted by Crippen LogP contribution is 2.23. The van der Waals surface area contributed by atoms with E-state index in [-0.39, 0.29) is 23.6 Å². The van der Waals surface area contributed by atoms with E-state index in [9.17, 15) is 17.6 Å². The van der Waals surface area contributed by atoms with Gasteiger partial charge in [-0.15, -0.1) is 0 Å². The lowest BCUT2D eigenvalue weighted by molar-refractivity contribution is 0.0676. The second-order valence-corrected chi connectivity index (χ2v) is 8.18. The fraction of sp³-hybridized carbons (Fsp3) is 0.278. The maximum absolute atomic E-state index is 14.0. The first-order valence-electron chi connectivity index (χ1n) is 7.76. The molecule has 0 bridgehead atoms. The van der Waals surface area contributed by atoms with Crippen LogP contribution in [-0.4, -0.2) is 36.8 Å². The van der Waals surface area contributed by atoms with Crippen molar-refractivity contribution in [2.75, 3.05) is 11.5 Å². The van der Waals surface area contributed by atoms with Gasteiger partial charge in [0.05, 0.1) is 17.1 Å². The number of halogens is 1. The summed E-state index contributed by atoms with van der Waals surface area (Å²) in [5, 5.41) is 0. The predicted molar refractivity (Wildman–Crippen MR) is 89.8 cm³/mol. The molecule has 2 aromatic rings. The monoisotopic (exact) mass is 347 g/mol. The van der Waals surface area contributed by atoms with Crippen molar-refractivity contribution in [3.05, 3.63) is 71.5 Å². The molecule has 1 heterocycles. The molecule has 1 saturated heterocycles. The summed E-state index contributed by atoms with van der Waals surface area (Å²) < 4.78 is 37.6. The molecule has 126 valence electrons. The Morgan fingerprint density at radius 2 is 1.75 bits per heavy atom. The smallest absolute Gasteiger partial charge is 0.257 e. The molecule has 1 aliphatic heterocycles. The van der Waals surface area contributed by atoms with Gasteiger partial charge in [-0.3, -0.25) is 4.79 Å². The molecule has 0 saturated carbocycles. The number of benzene rings is 2. The van der Waals surface area contributed by atoms with Crippen molar-refractivity contribution in [1.29, 1.82) is 0 Å². The summed E-state index contributed by atoms with van der Waals surface area (Å²) >= 11 is 0. The van der Waals surface area contributed by atoms with Crippen LogP contribution >= 0.6 is 0 Å². The summed E-state index contributed by atoms with van der Waals surface area (Å²) in [5.74, 6) is -1.08. The first-order chi connectivity index (χ1) is 11.5. The van der Waals surface area contributed by atoms with Crippen molar-refractivity contribution in [1.82, 2.24) is 4.90 Å². The summed E-state index contributed by atoms with van der Waals surface area (Å²) in [6, 6.07) is 14.7. The van der Waals surface area contributed by atoms with E-state index in [0.29, 0.717) is 6.42 Å². The summed E-state index contributed by atoms with van der Waals surface area (Å²) in [7, 11) is -3.15. The van der Waals surface area contributed by atoms with Crippen molar-refractivity contribution in [3.8, 4) is 0 Å². The van der Waals surface area contributed by atoms with Crippen LogP contribution in [0, 0.1) is 5.82 Å². The maximum atomic E-state index is 14.0. The van der Waals surface area contributed by atoms with Crippen LogP contribution in [0.5, 0.6) is 0 Å². The third-order valence-electron chi connectivity index (χ3n) is 4.21. The van der Waals surface area contributed by atoms with Crippen LogP contribution in [-0.2, 0) is 16.4 Å². The molecule has 1 amide bonds. The molecular formula is C18H18FNO3S. The van der Waals surface area contributed by atoms with E-state index in [1.54, 1.807) is 6.07 Å². The molecular weight excluding hydrogens is 329 g/mol. The lowest BCUT2D eigenvalue weighted by Crippen LogP contribution is -2.41. The zero-order chi connectivity index (χ0) is 17.2.